The molecule has 2 fully saturated rings. The van der Waals surface area contributed by atoms with E-state index in [0.717, 1.165) is 31.4 Å². The number of rotatable bonds is 4. The van der Waals surface area contributed by atoms with Crippen LogP contribution in [0.4, 0.5) is 0 Å². The van der Waals surface area contributed by atoms with E-state index < -0.39 is 0 Å². The third-order valence-corrected chi connectivity index (χ3v) is 5.42. The van der Waals surface area contributed by atoms with Gasteiger partial charge in [0.15, 0.2) is 0 Å². The molecule has 3 rings (SSSR count). The maximum atomic E-state index is 12.7. The van der Waals surface area contributed by atoms with Gasteiger partial charge in [-0.25, -0.2) is 0 Å². The molecule has 2 amide bonds. The fraction of sp³-hybridized carbons (Fsp3) is 0.579. The Balaban J connectivity index is 1.64. The Morgan fingerprint density at radius 2 is 1.92 bits per heavy atom. The van der Waals surface area contributed by atoms with Crippen LogP contribution < -0.4 is 0 Å². The first-order valence-corrected chi connectivity index (χ1v) is 8.96. The van der Waals surface area contributed by atoms with Gasteiger partial charge in [-0.15, -0.1) is 0 Å². The molecule has 0 aliphatic carbocycles. The number of nitrogens with zero attached hydrogens (tertiary/aromatic N) is 2. The summed E-state index contributed by atoms with van der Waals surface area (Å²) in [6.45, 7) is 2.43. The molecular formula is C19H26N2O4. The molecule has 2 aliphatic heterocycles. The number of aliphatic hydroxyl groups excluding tert-OH is 1. The van der Waals surface area contributed by atoms with E-state index in [0.29, 0.717) is 32.5 Å². The standard InChI is InChI=1S/C19H26N2O4/c22-11-10-21-14-19(8-6-17(21)24)7-1-9-20(13-19)18(25)12-15-2-4-16(23)5-3-15/h2-5,22-23H,1,6-14H2/t19-/m0/s1. The molecular weight excluding hydrogens is 320 g/mol. The third-order valence-electron chi connectivity index (χ3n) is 5.42. The smallest absolute Gasteiger partial charge is 0.227 e. The van der Waals surface area contributed by atoms with E-state index in [2.05, 4.69) is 0 Å². The lowest BCUT2D eigenvalue weighted by Gasteiger charge is -2.48. The van der Waals surface area contributed by atoms with E-state index in [9.17, 15) is 19.8 Å². The van der Waals surface area contributed by atoms with E-state index >= 15 is 0 Å². The van der Waals surface area contributed by atoms with Crippen LogP contribution in [0.5, 0.6) is 5.75 Å². The van der Waals surface area contributed by atoms with Gasteiger partial charge in [0.05, 0.1) is 13.0 Å². The molecule has 2 aliphatic rings. The van der Waals surface area contributed by atoms with Crippen molar-refractivity contribution in [2.45, 2.75) is 32.1 Å². The summed E-state index contributed by atoms with van der Waals surface area (Å²) in [5.41, 5.74) is 0.856. The number of hydrogen-bond donors (Lipinski definition) is 2. The fourth-order valence-corrected chi connectivity index (χ4v) is 4.08. The number of carbonyl (C=O) groups is 2. The number of hydrogen-bond acceptors (Lipinski definition) is 4. The number of likely N-dealkylation sites (tertiary alicyclic amines) is 2. The minimum Gasteiger partial charge on any atom is -0.508 e. The quantitative estimate of drug-likeness (QED) is 0.857. The van der Waals surface area contributed by atoms with Gasteiger partial charge in [-0.3, -0.25) is 9.59 Å². The second kappa shape index (κ2) is 7.44. The summed E-state index contributed by atoms with van der Waals surface area (Å²) in [5.74, 6) is 0.395. The summed E-state index contributed by atoms with van der Waals surface area (Å²) in [6, 6.07) is 6.74. The Morgan fingerprint density at radius 1 is 1.16 bits per heavy atom. The minimum atomic E-state index is -0.0358. The Bertz CT molecular complexity index is 631. The fourth-order valence-electron chi connectivity index (χ4n) is 4.08. The zero-order valence-corrected chi connectivity index (χ0v) is 14.5. The average Bonchev–Trinajstić information content (AvgIpc) is 2.61. The Hall–Kier alpha value is -2.08. The van der Waals surface area contributed by atoms with Crippen molar-refractivity contribution in [2.75, 3.05) is 32.8 Å². The van der Waals surface area contributed by atoms with E-state index in [1.54, 1.807) is 29.2 Å². The highest BCUT2D eigenvalue weighted by Gasteiger charge is 2.42. The van der Waals surface area contributed by atoms with Crippen molar-refractivity contribution in [1.82, 2.24) is 9.80 Å². The Morgan fingerprint density at radius 3 is 2.64 bits per heavy atom. The second-order valence-electron chi connectivity index (χ2n) is 7.30. The summed E-state index contributed by atoms with van der Waals surface area (Å²) < 4.78 is 0. The Labute approximate surface area is 148 Å². The molecule has 0 radical (unpaired) electrons. The van der Waals surface area contributed by atoms with E-state index in [-0.39, 0.29) is 29.6 Å². The number of phenolic OH excluding ortho intramolecular Hbond substituents is 1. The summed E-state index contributed by atoms with van der Waals surface area (Å²) in [7, 11) is 0. The molecule has 1 spiro atoms. The molecule has 6 nitrogen and oxygen atoms in total. The predicted molar refractivity (Wildman–Crippen MR) is 93.0 cm³/mol. The highest BCUT2D eigenvalue weighted by molar-refractivity contribution is 5.79. The first-order chi connectivity index (χ1) is 12.0. The van der Waals surface area contributed by atoms with Crippen molar-refractivity contribution in [2.24, 2.45) is 5.41 Å². The van der Waals surface area contributed by atoms with Crippen molar-refractivity contribution in [3.63, 3.8) is 0 Å². The summed E-state index contributed by atoms with van der Waals surface area (Å²) in [6.07, 6.45) is 3.61. The largest absolute Gasteiger partial charge is 0.508 e. The Kier molecular flexibility index (Phi) is 5.27. The van der Waals surface area contributed by atoms with Gasteiger partial charge in [0.1, 0.15) is 5.75 Å². The molecule has 2 N–H and O–H groups in total. The van der Waals surface area contributed by atoms with Gasteiger partial charge in [0, 0.05) is 38.0 Å². The zero-order valence-electron chi connectivity index (χ0n) is 14.5. The van der Waals surface area contributed by atoms with E-state index in [4.69, 9.17) is 0 Å². The monoisotopic (exact) mass is 346 g/mol. The van der Waals surface area contributed by atoms with Crippen LogP contribution in [0.3, 0.4) is 0 Å². The van der Waals surface area contributed by atoms with Gasteiger partial charge in [-0.05, 0) is 37.0 Å². The molecule has 0 bridgehead atoms. The lowest BCUT2D eigenvalue weighted by Crippen LogP contribution is -2.55. The number of piperidine rings is 2. The second-order valence-corrected chi connectivity index (χ2v) is 7.30. The van der Waals surface area contributed by atoms with Crippen LogP contribution in [0.15, 0.2) is 24.3 Å². The van der Waals surface area contributed by atoms with E-state index in [1.807, 2.05) is 4.90 Å². The molecule has 2 saturated heterocycles. The molecule has 1 atom stereocenters. The summed E-state index contributed by atoms with van der Waals surface area (Å²) in [4.78, 5) is 28.4. The van der Waals surface area contributed by atoms with Crippen molar-refractivity contribution in [3.05, 3.63) is 29.8 Å². The third kappa shape index (κ3) is 4.12. The predicted octanol–water partition coefficient (Wildman–Crippen LogP) is 1.16. The molecule has 136 valence electrons. The normalized spacial score (nSPS) is 24.0. The molecule has 0 saturated carbocycles. The van der Waals surface area contributed by atoms with Gasteiger partial charge >= 0.3 is 0 Å². The number of aliphatic hydroxyl groups is 1. The number of carbonyl (C=O) groups excluding carboxylic acids is 2. The highest BCUT2D eigenvalue weighted by atomic mass is 16.3. The molecule has 0 unspecified atom stereocenters. The zero-order chi connectivity index (χ0) is 17.9. The van der Waals surface area contributed by atoms with Gasteiger partial charge in [-0.1, -0.05) is 12.1 Å². The molecule has 6 heteroatoms. The molecule has 0 aromatic heterocycles. The maximum absolute atomic E-state index is 12.7. The number of aromatic hydroxyl groups is 1. The molecule has 1 aromatic carbocycles. The van der Waals surface area contributed by atoms with Gasteiger partial charge < -0.3 is 20.0 Å². The topological polar surface area (TPSA) is 81.1 Å². The number of amides is 2. The first-order valence-electron chi connectivity index (χ1n) is 8.96. The number of β-amino-alcohol motifs (C(OH)–C–C–N with tert-alkyl or cyclic N) is 1. The van der Waals surface area contributed by atoms with E-state index in [1.165, 1.54) is 0 Å². The average molecular weight is 346 g/mol. The number of benzene rings is 1. The van der Waals surface area contributed by atoms with Gasteiger partial charge in [0.25, 0.3) is 0 Å². The first kappa shape index (κ1) is 17.7. The van der Waals surface area contributed by atoms with Crippen molar-refractivity contribution < 1.29 is 19.8 Å². The van der Waals surface area contributed by atoms with Crippen LogP contribution in [0.2, 0.25) is 0 Å². The van der Waals surface area contributed by atoms with Crippen LogP contribution in [0, 0.1) is 5.41 Å². The van der Waals surface area contributed by atoms with Crippen molar-refractivity contribution in [1.29, 1.82) is 0 Å². The van der Waals surface area contributed by atoms with Crippen LogP contribution >= 0.6 is 0 Å². The minimum absolute atomic E-state index is 0.0225. The molecule has 25 heavy (non-hydrogen) atoms. The SMILES string of the molecule is O=C1CC[C@]2(CCCN(C(=O)Cc3ccc(O)cc3)C2)CN1CCO. The summed E-state index contributed by atoms with van der Waals surface area (Å²) >= 11 is 0. The summed E-state index contributed by atoms with van der Waals surface area (Å²) in [5, 5.41) is 18.5. The number of phenols is 1. The lowest BCUT2D eigenvalue weighted by molar-refractivity contribution is -0.143. The maximum Gasteiger partial charge on any atom is 0.227 e. The van der Waals surface area contributed by atoms with Gasteiger partial charge in [-0.2, -0.15) is 0 Å². The molecule has 2 heterocycles. The van der Waals surface area contributed by atoms with Crippen LogP contribution in [-0.2, 0) is 16.0 Å². The van der Waals surface area contributed by atoms with Crippen LogP contribution in [0.25, 0.3) is 0 Å². The van der Waals surface area contributed by atoms with Crippen molar-refractivity contribution >= 4 is 11.8 Å². The van der Waals surface area contributed by atoms with Crippen LogP contribution in [0.1, 0.15) is 31.2 Å². The molecule has 1 aromatic rings. The van der Waals surface area contributed by atoms with Crippen molar-refractivity contribution in [3.8, 4) is 5.75 Å². The van der Waals surface area contributed by atoms with Gasteiger partial charge in [0.2, 0.25) is 11.8 Å². The van der Waals surface area contributed by atoms with Crippen LogP contribution in [-0.4, -0.2) is 64.6 Å². The highest BCUT2D eigenvalue weighted by Crippen LogP contribution is 2.39. The lowest BCUT2D eigenvalue weighted by atomic mass is 9.73.